The van der Waals surface area contributed by atoms with Crippen LogP contribution in [0.3, 0.4) is 0 Å². The normalized spacial score (nSPS) is 10.7. The van der Waals surface area contributed by atoms with Gasteiger partial charge in [-0.2, -0.15) is 5.10 Å². The molecule has 1 aromatic heterocycles. The number of hydrogen-bond donors (Lipinski definition) is 1. The lowest BCUT2D eigenvalue weighted by Gasteiger charge is -2.24. The molecule has 1 aromatic carbocycles. The fourth-order valence-electron chi connectivity index (χ4n) is 2.05. The second-order valence-corrected chi connectivity index (χ2v) is 4.59. The first-order chi connectivity index (χ1) is 9.24. The van der Waals surface area contributed by atoms with Crippen molar-refractivity contribution in [3.05, 3.63) is 42.0 Å². The van der Waals surface area contributed by atoms with Crippen LogP contribution < -0.4 is 10.6 Å². The number of rotatable bonds is 6. The molecular weight excluding hydrogens is 238 g/mol. The maximum absolute atomic E-state index is 5.63. The molecule has 0 amide bonds. The summed E-state index contributed by atoms with van der Waals surface area (Å²) in [6.07, 6.45) is 2.69. The van der Waals surface area contributed by atoms with E-state index >= 15 is 0 Å². The first-order valence-electron chi connectivity index (χ1n) is 6.61. The highest BCUT2D eigenvalue weighted by Gasteiger charge is 2.09. The van der Waals surface area contributed by atoms with Crippen molar-refractivity contribution in [2.24, 2.45) is 12.8 Å². The topological polar surface area (TPSA) is 60.0 Å². The van der Waals surface area contributed by atoms with Crippen molar-refractivity contribution < 1.29 is 0 Å². The number of benzene rings is 1. The van der Waals surface area contributed by atoms with E-state index in [0.29, 0.717) is 6.54 Å². The molecule has 2 N–H and O–H groups in total. The maximum Gasteiger partial charge on any atom is 0.146 e. The number of aryl methyl sites for hydroxylation is 1. The number of aromatic nitrogens is 3. The van der Waals surface area contributed by atoms with Gasteiger partial charge in [-0.1, -0.05) is 19.1 Å². The van der Waals surface area contributed by atoms with Crippen LogP contribution in [-0.2, 0) is 20.1 Å². The van der Waals surface area contributed by atoms with E-state index in [2.05, 4.69) is 46.2 Å². The Kier molecular flexibility index (Phi) is 4.52. The lowest BCUT2D eigenvalue weighted by molar-refractivity contribution is 0.662. The predicted octanol–water partition coefficient (Wildman–Crippen LogP) is 1.69. The fraction of sp³-hybridized carbons (Fsp3) is 0.429. The van der Waals surface area contributed by atoms with Gasteiger partial charge in [0.2, 0.25) is 0 Å². The molecule has 0 aliphatic heterocycles. The van der Waals surface area contributed by atoms with E-state index in [0.717, 1.165) is 30.9 Å². The van der Waals surface area contributed by atoms with Crippen molar-refractivity contribution in [1.29, 1.82) is 0 Å². The molecule has 2 aromatic rings. The molecule has 0 aliphatic rings. The minimum Gasteiger partial charge on any atom is -0.364 e. The average Bonchev–Trinajstić information content (AvgIpc) is 2.84. The van der Waals surface area contributed by atoms with E-state index in [9.17, 15) is 0 Å². The van der Waals surface area contributed by atoms with Crippen molar-refractivity contribution in [2.75, 3.05) is 11.4 Å². The van der Waals surface area contributed by atoms with Crippen molar-refractivity contribution in [3.8, 4) is 0 Å². The molecule has 0 unspecified atom stereocenters. The van der Waals surface area contributed by atoms with Gasteiger partial charge in [0.25, 0.3) is 0 Å². The van der Waals surface area contributed by atoms with Gasteiger partial charge in [-0.05, 0) is 24.1 Å². The maximum atomic E-state index is 5.63. The van der Waals surface area contributed by atoms with Crippen LogP contribution in [0.1, 0.15) is 24.7 Å². The third-order valence-corrected chi connectivity index (χ3v) is 3.17. The summed E-state index contributed by atoms with van der Waals surface area (Å²) in [4.78, 5) is 6.60. The monoisotopic (exact) mass is 259 g/mol. The molecule has 5 nitrogen and oxygen atoms in total. The van der Waals surface area contributed by atoms with Gasteiger partial charge < -0.3 is 10.6 Å². The Morgan fingerprint density at radius 3 is 2.53 bits per heavy atom. The smallest absolute Gasteiger partial charge is 0.146 e. The van der Waals surface area contributed by atoms with Crippen LogP contribution >= 0.6 is 0 Å². The number of hydrogen-bond acceptors (Lipinski definition) is 4. The largest absolute Gasteiger partial charge is 0.364 e. The molecular formula is C14H21N5. The molecule has 19 heavy (non-hydrogen) atoms. The number of nitrogens with zero attached hydrogens (tertiary/aromatic N) is 4. The SMILES string of the molecule is CCCN(Cc1ncnn1C)c1ccc(CN)cc1. The first kappa shape index (κ1) is 13.5. The quantitative estimate of drug-likeness (QED) is 0.857. The van der Waals surface area contributed by atoms with Gasteiger partial charge in [0, 0.05) is 25.8 Å². The zero-order valence-corrected chi connectivity index (χ0v) is 11.6. The van der Waals surface area contributed by atoms with Crippen LogP contribution in [0.25, 0.3) is 0 Å². The molecule has 0 fully saturated rings. The third kappa shape index (κ3) is 3.32. The van der Waals surface area contributed by atoms with E-state index < -0.39 is 0 Å². The summed E-state index contributed by atoms with van der Waals surface area (Å²) in [5, 5.41) is 4.11. The second-order valence-electron chi connectivity index (χ2n) is 4.59. The van der Waals surface area contributed by atoms with Gasteiger partial charge in [0.05, 0.1) is 6.54 Å². The Morgan fingerprint density at radius 1 is 1.26 bits per heavy atom. The van der Waals surface area contributed by atoms with Crippen LogP contribution in [0.4, 0.5) is 5.69 Å². The van der Waals surface area contributed by atoms with Crippen molar-refractivity contribution in [1.82, 2.24) is 14.8 Å². The summed E-state index contributed by atoms with van der Waals surface area (Å²) in [7, 11) is 1.92. The Labute approximate surface area is 114 Å². The molecule has 1 heterocycles. The van der Waals surface area contributed by atoms with Crippen molar-refractivity contribution >= 4 is 5.69 Å². The number of anilines is 1. The summed E-state index contributed by atoms with van der Waals surface area (Å²) in [6, 6.07) is 8.39. The molecule has 0 radical (unpaired) electrons. The fourth-order valence-corrected chi connectivity index (χ4v) is 2.05. The highest BCUT2D eigenvalue weighted by molar-refractivity contribution is 5.47. The third-order valence-electron chi connectivity index (χ3n) is 3.17. The summed E-state index contributed by atoms with van der Waals surface area (Å²) in [5.74, 6) is 0.969. The van der Waals surface area contributed by atoms with Crippen LogP contribution in [0.2, 0.25) is 0 Å². The van der Waals surface area contributed by atoms with Crippen LogP contribution in [0.15, 0.2) is 30.6 Å². The number of nitrogens with two attached hydrogens (primary N) is 1. The van der Waals surface area contributed by atoms with Crippen LogP contribution in [0.5, 0.6) is 0 Å². The van der Waals surface area contributed by atoms with Crippen LogP contribution in [0, 0.1) is 0 Å². The highest BCUT2D eigenvalue weighted by Crippen LogP contribution is 2.17. The van der Waals surface area contributed by atoms with E-state index in [1.165, 1.54) is 5.69 Å². The molecule has 0 aliphatic carbocycles. The van der Waals surface area contributed by atoms with Gasteiger partial charge in [-0.25, -0.2) is 4.98 Å². The van der Waals surface area contributed by atoms with Gasteiger partial charge in [0.15, 0.2) is 0 Å². The van der Waals surface area contributed by atoms with E-state index in [4.69, 9.17) is 5.73 Å². The minimum absolute atomic E-state index is 0.581. The van der Waals surface area contributed by atoms with Gasteiger partial charge in [-0.15, -0.1) is 0 Å². The summed E-state index contributed by atoms with van der Waals surface area (Å²) in [6.45, 7) is 4.52. The van der Waals surface area contributed by atoms with E-state index in [1.54, 1.807) is 6.33 Å². The molecule has 5 heteroatoms. The molecule has 0 bridgehead atoms. The zero-order chi connectivity index (χ0) is 13.7. The van der Waals surface area contributed by atoms with E-state index in [1.807, 2.05) is 11.7 Å². The zero-order valence-electron chi connectivity index (χ0n) is 11.6. The predicted molar refractivity (Wildman–Crippen MR) is 76.7 cm³/mol. The summed E-state index contributed by atoms with van der Waals surface area (Å²) >= 11 is 0. The van der Waals surface area contributed by atoms with Gasteiger partial charge in [-0.3, -0.25) is 4.68 Å². The average molecular weight is 259 g/mol. The molecule has 0 spiro atoms. The molecule has 0 atom stereocenters. The van der Waals surface area contributed by atoms with Gasteiger partial charge >= 0.3 is 0 Å². The first-order valence-corrected chi connectivity index (χ1v) is 6.61. The lowest BCUT2D eigenvalue weighted by atomic mass is 10.2. The standard InChI is InChI=1S/C14H21N5/c1-3-8-19(10-14-16-11-17-18(14)2)13-6-4-12(9-15)5-7-13/h4-7,11H,3,8-10,15H2,1-2H3. The molecule has 2 rings (SSSR count). The summed E-state index contributed by atoms with van der Waals surface area (Å²) < 4.78 is 1.82. The Balaban J connectivity index is 2.16. The van der Waals surface area contributed by atoms with Gasteiger partial charge in [0.1, 0.15) is 12.2 Å². The Hall–Kier alpha value is -1.88. The Morgan fingerprint density at radius 2 is 2.00 bits per heavy atom. The van der Waals surface area contributed by atoms with Crippen molar-refractivity contribution in [3.63, 3.8) is 0 Å². The molecule has 0 saturated carbocycles. The molecule has 0 saturated heterocycles. The Bertz CT molecular complexity index is 503. The van der Waals surface area contributed by atoms with Crippen molar-refractivity contribution in [2.45, 2.75) is 26.4 Å². The lowest BCUT2D eigenvalue weighted by Crippen LogP contribution is -2.25. The van der Waals surface area contributed by atoms with E-state index in [-0.39, 0.29) is 0 Å². The second kappa shape index (κ2) is 6.33. The van der Waals surface area contributed by atoms with Crippen LogP contribution in [-0.4, -0.2) is 21.3 Å². The highest BCUT2D eigenvalue weighted by atomic mass is 15.3. The molecule has 102 valence electrons. The summed E-state index contributed by atoms with van der Waals surface area (Å²) in [5.41, 5.74) is 7.98. The minimum atomic E-state index is 0.581.